The highest BCUT2D eigenvalue weighted by Crippen LogP contribution is 2.26. The van der Waals surface area contributed by atoms with Gasteiger partial charge >= 0.3 is 0 Å². The summed E-state index contributed by atoms with van der Waals surface area (Å²) >= 11 is 0. The molecule has 0 heterocycles. The van der Waals surface area contributed by atoms with Crippen LogP contribution in [-0.2, 0) is 4.79 Å². The van der Waals surface area contributed by atoms with Crippen LogP contribution < -0.4 is 14.9 Å². The van der Waals surface area contributed by atoms with Gasteiger partial charge in [-0.2, -0.15) is 5.10 Å². The number of carbonyl (C=O) groups is 1. The number of nitro benzene ring substituents is 1. The van der Waals surface area contributed by atoms with Crippen LogP contribution in [0.1, 0.15) is 19.4 Å². The number of nitrogens with one attached hydrogen (secondary N) is 1. The topological polar surface area (TPSA) is 123 Å². The summed E-state index contributed by atoms with van der Waals surface area (Å²) in [4.78, 5) is 22.1. The average molecular weight is 373 g/mol. The molecule has 2 aromatic rings. The third kappa shape index (κ3) is 5.70. The number of non-ortho nitro benzene ring substituents is 1. The molecule has 0 saturated carbocycles. The van der Waals surface area contributed by atoms with E-state index in [-0.39, 0.29) is 11.4 Å². The van der Waals surface area contributed by atoms with Crippen molar-refractivity contribution >= 4 is 17.8 Å². The molecule has 9 nitrogen and oxygen atoms in total. The lowest BCUT2D eigenvalue weighted by molar-refractivity contribution is -0.384. The normalized spacial score (nSPS) is 11.8. The van der Waals surface area contributed by atoms with Crippen molar-refractivity contribution in [2.24, 2.45) is 5.10 Å². The summed E-state index contributed by atoms with van der Waals surface area (Å²) in [6, 6.07) is 10.1. The van der Waals surface area contributed by atoms with Gasteiger partial charge < -0.3 is 14.6 Å². The maximum Gasteiger partial charge on any atom is 0.280 e. The second kappa shape index (κ2) is 9.18. The van der Waals surface area contributed by atoms with Crippen molar-refractivity contribution in [2.45, 2.75) is 20.0 Å². The first-order valence-electron chi connectivity index (χ1n) is 8.10. The lowest BCUT2D eigenvalue weighted by Crippen LogP contribution is -2.33. The molecular formula is C18H19N3O6. The zero-order valence-electron chi connectivity index (χ0n) is 14.8. The van der Waals surface area contributed by atoms with E-state index in [4.69, 9.17) is 9.47 Å². The lowest BCUT2D eigenvalue weighted by Gasteiger charge is -2.12. The number of phenols is 1. The fourth-order valence-corrected chi connectivity index (χ4v) is 2.05. The summed E-state index contributed by atoms with van der Waals surface area (Å²) < 4.78 is 10.7. The van der Waals surface area contributed by atoms with E-state index in [1.807, 2.05) is 0 Å². The molecule has 2 aromatic carbocycles. The zero-order chi connectivity index (χ0) is 19.8. The Morgan fingerprint density at radius 1 is 1.33 bits per heavy atom. The average Bonchev–Trinajstić information content (AvgIpc) is 2.64. The van der Waals surface area contributed by atoms with Gasteiger partial charge in [0.15, 0.2) is 17.6 Å². The summed E-state index contributed by atoms with van der Waals surface area (Å²) in [6.45, 7) is 3.73. The molecule has 0 saturated heterocycles. The molecule has 0 aliphatic rings. The van der Waals surface area contributed by atoms with E-state index >= 15 is 0 Å². The van der Waals surface area contributed by atoms with Gasteiger partial charge in [-0.05, 0) is 49.7 Å². The number of carbonyl (C=O) groups excluding carboxylic acids is 1. The summed E-state index contributed by atoms with van der Waals surface area (Å²) in [5.74, 6) is 0.173. The Labute approximate surface area is 155 Å². The molecule has 0 radical (unpaired) electrons. The summed E-state index contributed by atoms with van der Waals surface area (Å²) in [5, 5.41) is 24.1. The highest BCUT2D eigenvalue weighted by Gasteiger charge is 2.14. The quantitative estimate of drug-likeness (QED) is 0.416. The Kier molecular flexibility index (Phi) is 6.70. The number of phenolic OH excluding ortho intramolecular Hbond substituents is 1. The molecule has 1 atom stereocenters. The number of rotatable bonds is 8. The molecule has 0 bridgehead atoms. The van der Waals surface area contributed by atoms with Gasteiger partial charge in [0, 0.05) is 12.1 Å². The second-order valence-electron chi connectivity index (χ2n) is 5.41. The van der Waals surface area contributed by atoms with Gasteiger partial charge in [0.2, 0.25) is 0 Å². The van der Waals surface area contributed by atoms with Crippen LogP contribution in [-0.4, -0.2) is 34.9 Å². The SMILES string of the molecule is CCOc1cc(C=NNC(=O)C(C)Oc2ccc([N+](=O)[O-])cc2)ccc1O. The van der Waals surface area contributed by atoms with Gasteiger partial charge in [0.05, 0.1) is 17.7 Å². The molecule has 9 heteroatoms. The fourth-order valence-electron chi connectivity index (χ4n) is 2.05. The van der Waals surface area contributed by atoms with E-state index in [1.165, 1.54) is 43.5 Å². The number of ether oxygens (including phenoxy) is 2. The van der Waals surface area contributed by atoms with Crippen molar-refractivity contribution in [1.29, 1.82) is 0 Å². The minimum Gasteiger partial charge on any atom is -0.504 e. The van der Waals surface area contributed by atoms with Crippen molar-refractivity contribution in [3.05, 3.63) is 58.1 Å². The summed E-state index contributed by atoms with van der Waals surface area (Å²) in [7, 11) is 0. The van der Waals surface area contributed by atoms with E-state index in [0.29, 0.717) is 23.7 Å². The van der Waals surface area contributed by atoms with Gasteiger partial charge in [0.25, 0.3) is 11.6 Å². The van der Waals surface area contributed by atoms with Crippen molar-refractivity contribution in [1.82, 2.24) is 5.43 Å². The van der Waals surface area contributed by atoms with Gasteiger partial charge in [0.1, 0.15) is 5.75 Å². The highest BCUT2D eigenvalue weighted by molar-refractivity contribution is 5.84. The first-order chi connectivity index (χ1) is 12.9. The smallest absolute Gasteiger partial charge is 0.280 e. The van der Waals surface area contributed by atoms with E-state index in [0.717, 1.165) is 0 Å². The molecule has 2 rings (SSSR count). The maximum absolute atomic E-state index is 12.0. The van der Waals surface area contributed by atoms with Crippen LogP contribution >= 0.6 is 0 Å². The van der Waals surface area contributed by atoms with Crippen molar-refractivity contribution in [2.75, 3.05) is 6.61 Å². The van der Waals surface area contributed by atoms with E-state index in [9.17, 15) is 20.0 Å². The maximum atomic E-state index is 12.0. The standard InChI is InChI=1S/C18H19N3O6/c1-3-26-17-10-13(4-9-16(17)22)11-19-20-18(23)12(2)27-15-7-5-14(6-8-15)21(24)25/h4-12,22H,3H2,1-2H3,(H,20,23). The first kappa shape index (κ1) is 19.7. The molecule has 0 spiro atoms. The minimum absolute atomic E-state index is 0.0168. The van der Waals surface area contributed by atoms with E-state index in [1.54, 1.807) is 19.1 Å². The number of hydrogen-bond acceptors (Lipinski definition) is 7. The second-order valence-corrected chi connectivity index (χ2v) is 5.41. The molecule has 2 N–H and O–H groups in total. The van der Waals surface area contributed by atoms with Crippen molar-refractivity contribution < 1.29 is 24.3 Å². The van der Waals surface area contributed by atoms with Crippen molar-refractivity contribution in [3.8, 4) is 17.2 Å². The Bertz CT molecular complexity index is 835. The van der Waals surface area contributed by atoms with E-state index < -0.39 is 16.9 Å². The van der Waals surface area contributed by atoms with Crippen LogP contribution in [0.4, 0.5) is 5.69 Å². The predicted octanol–water partition coefficient (Wildman–Crippen LogP) is 2.62. The van der Waals surface area contributed by atoms with Gasteiger partial charge in [-0.25, -0.2) is 5.43 Å². The molecule has 27 heavy (non-hydrogen) atoms. The number of nitrogens with zero attached hydrogens (tertiary/aromatic N) is 2. The number of aromatic hydroxyl groups is 1. The molecule has 142 valence electrons. The fraction of sp³-hybridized carbons (Fsp3) is 0.222. The minimum atomic E-state index is -0.859. The largest absolute Gasteiger partial charge is 0.504 e. The molecule has 0 fully saturated rings. The third-order valence-corrected chi connectivity index (χ3v) is 3.40. The predicted molar refractivity (Wildman–Crippen MR) is 98.2 cm³/mol. The van der Waals surface area contributed by atoms with Crippen LogP contribution in [0.5, 0.6) is 17.2 Å². The Morgan fingerprint density at radius 2 is 2.04 bits per heavy atom. The first-order valence-corrected chi connectivity index (χ1v) is 8.10. The zero-order valence-corrected chi connectivity index (χ0v) is 14.8. The summed E-state index contributed by atoms with van der Waals surface area (Å²) in [6.07, 6.45) is 0.542. The number of amides is 1. The molecule has 0 aromatic heterocycles. The molecule has 0 aliphatic carbocycles. The van der Waals surface area contributed by atoms with Gasteiger partial charge in [-0.3, -0.25) is 14.9 Å². The molecule has 0 aliphatic heterocycles. The van der Waals surface area contributed by atoms with Crippen LogP contribution in [0.15, 0.2) is 47.6 Å². The lowest BCUT2D eigenvalue weighted by atomic mass is 10.2. The van der Waals surface area contributed by atoms with Crippen LogP contribution in [0.3, 0.4) is 0 Å². The van der Waals surface area contributed by atoms with E-state index in [2.05, 4.69) is 10.5 Å². The van der Waals surface area contributed by atoms with Gasteiger partial charge in [-0.1, -0.05) is 0 Å². The van der Waals surface area contributed by atoms with Crippen LogP contribution in [0.2, 0.25) is 0 Å². The molecular weight excluding hydrogens is 354 g/mol. The Hall–Kier alpha value is -3.62. The highest BCUT2D eigenvalue weighted by atomic mass is 16.6. The molecule has 1 unspecified atom stereocenters. The monoisotopic (exact) mass is 373 g/mol. The number of nitro groups is 1. The van der Waals surface area contributed by atoms with Crippen LogP contribution in [0, 0.1) is 10.1 Å². The van der Waals surface area contributed by atoms with Crippen molar-refractivity contribution in [3.63, 3.8) is 0 Å². The number of hydrazone groups is 1. The number of benzene rings is 2. The summed E-state index contributed by atoms with van der Waals surface area (Å²) in [5.41, 5.74) is 2.90. The van der Waals surface area contributed by atoms with Gasteiger partial charge in [-0.15, -0.1) is 0 Å². The third-order valence-electron chi connectivity index (χ3n) is 3.40. The Morgan fingerprint density at radius 3 is 2.67 bits per heavy atom. The van der Waals surface area contributed by atoms with Crippen LogP contribution in [0.25, 0.3) is 0 Å². The molecule has 1 amide bonds. The Balaban J connectivity index is 1.91. The number of hydrogen-bond donors (Lipinski definition) is 2.